The normalized spacial score (nSPS) is 16.1. The molecule has 8 heteroatoms. The number of hydrogen-bond donors (Lipinski definition) is 0. The molecule has 3 aromatic rings. The topological polar surface area (TPSA) is 35.8 Å². The molecule has 1 aliphatic rings. The van der Waals surface area contributed by atoms with Gasteiger partial charge in [-0.05, 0) is 67.7 Å². The Morgan fingerprint density at radius 2 is 1.82 bits per heavy atom. The lowest BCUT2D eigenvalue weighted by Crippen LogP contribution is -2.44. The highest BCUT2D eigenvalue weighted by atomic mass is 32.2. The van der Waals surface area contributed by atoms with E-state index in [2.05, 4.69) is 53.0 Å². The maximum absolute atomic E-state index is 13.7. The fourth-order valence-electron chi connectivity index (χ4n) is 4.51. The Morgan fingerprint density at radius 3 is 2.45 bits per heavy atom. The Balaban J connectivity index is 1.76. The second kappa shape index (κ2) is 10.7. The van der Waals surface area contributed by atoms with E-state index in [0.717, 1.165) is 35.1 Å². The third kappa shape index (κ3) is 5.82. The number of aromatic nitrogens is 2. The van der Waals surface area contributed by atoms with E-state index in [1.807, 2.05) is 16.7 Å². The van der Waals surface area contributed by atoms with Gasteiger partial charge >= 0.3 is 6.18 Å². The largest absolute Gasteiger partial charge is 0.416 e. The molecule has 0 bridgehead atoms. The van der Waals surface area contributed by atoms with Crippen LogP contribution in [0.4, 0.5) is 13.2 Å². The van der Waals surface area contributed by atoms with Crippen LogP contribution in [0, 0.1) is 12.3 Å². The quantitative estimate of drug-likeness (QED) is 0.286. The summed E-state index contributed by atoms with van der Waals surface area (Å²) in [5, 5.41) is 0. The number of halogens is 3. The maximum Gasteiger partial charge on any atom is 0.416 e. The minimum absolute atomic E-state index is 0.0358. The molecule has 1 unspecified atom stereocenters. The van der Waals surface area contributed by atoms with Gasteiger partial charge in [0.25, 0.3) is 0 Å². The predicted octanol–water partition coefficient (Wildman–Crippen LogP) is 7.56. The van der Waals surface area contributed by atoms with E-state index >= 15 is 0 Å². The molecule has 4 rings (SSSR count). The highest BCUT2D eigenvalue weighted by Gasteiger charge is 2.48. The molecule has 0 radical (unpaired) electrons. The van der Waals surface area contributed by atoms with E-state index in [1.165, 1.54) is 11.6 Å². The van der Waals surface area contributed by atoms with Crippen LogP contribution in [0.2, 0.25) is 0 Å². The summed E-state index contributed by atoms with van der Waals surface area (Å²) in [7, 11) is 0. The molecule has 38 heavy (non-hydrogen) atoms. The van der Waals surface area contributed by atoms with Crippen molar-refractivity contribution in [3.63, 3.8) is 0 Å². The molecule has 0 saturated carbocycles. The van der Waals surface area contributed by atoms with Crippen LogP contribution < -0.4 is 0 Å². The molecule has 1 aliphatic heterocycles. The first kappa shape index (κ1) is 28.7. The molecule has 0 aliphatic carbocycles. The fraction of sp³-hybridized carbons (Fsp3) is 0.500. The highest BCUT2D eigenvalue weighted by Crippen LogP contribution is 2.38. The summed E-state index contributed by atoms with van der Waals surface area (Å²) in [5.74, 6) is 0. The average molecular weight is 548 g/mol. The van der Waals surface area contributed by atoms with Crippen molar-refractivity contribution in [2.24, 2.45) is 5.41 Å². The van der Waals surface area contributed by atoms with Crippen LogP contribution in [-0.4, -0.2) is 33.6 Å². The molecule has 0 spiro atoms. The summed E-state index contributed by atoms with van der Waals surface area (Å²) in [4.78, 5) is 4.89. The first-order valence-electron chi connectivity index (χ1n) is 12.9. The summed E-state index contributed by atoms with van der Waals surface area (Å²) in [5.41, 5.74) is 4.94. The Morgan fingerprint density at radius 1 is 1.08 bits per heavy atom. The number of nitrogens with zero attached hydrogens (tertiary/aromatic N) is 2. The van der Waals surface area contributed by atoms with E-state index < -0.39 is 11.7 Å². The number of pyridine rings is 1. The fourth-order valence-corrected chi connectivity index (χ4v) is 5.95. The molecule has 0 saturated heterocycles. The number of benzene rings is 1. The number of imidazole rings is 1. The molecule has 206 valence electrons. The van der Waals surface area contributed by atoms with Gasteiger partial charge in [0.15, 0.2) is 15.9 Å². The third-order valence-electron chi connectivity index (χ3n) is 8.14. The molecule has 0 N–H and O–H groups in total. The van der Waals surface area contributed by atoms with Crippen LogP contribution in [-0.2, 0) is 39.3 Å². The van der Waals surface area contributed by atoms with Gasteiger partial charge in [-0.3, -0.25) is 0 Å². The molecule has 0 fully saturated rings. The lowest BCUT2D eigenvalue weighted by molar-refractivity contribution is -0.138. The summed E-state index contributed by atoms with van der Waals surface area (Å²) in [6, 6.07) is 8.42. The number of fused-ring (bicyclic) bond motifs is 1. The van der Waals surface area contributed by atoms with Gasteiger partial charge in [-0.2, -0.15) is 17.4 Å². The first-order valence-corrected chi connectivity index (χ1v) is 14.5. The van der Waals surface area contributed by atoms with Crippen LogP contribution in [0.25, 0.3) is 11.2 Å². The lowest BCUT2D eigenvalue weighted by atomic mass is 9.83. The molecule has 4 nitrogen and oxygen atoms in total. The molecular weight excluding hydrogens is 509 g/mol. The molecule has 1 atom stereocenters. The van der Waals surface area contributed by atoms with Crippen LogP contribution in [0.1, 0.15) is 74.7 Å². The van der Waals surface area contributed by atoms with E-state index in [1.54, 1.807) is 13.0 Å². The molecule has 1 aromatic carbocycles. The van der Waals surface area contributed by atoms with E-state index in [4.69, 9.17) is 13.9 Å². The number of alkyl halides is 3. The van der Waals surface area contributed by atoms with Gasteiger partial charge in [0.1, 0.15) is 18.5 Å². The SMILES string of the molecule is Cc1c(Cc2c(CO[S+](C)C(C)(C)C(C)(C)C)nc3ccc(C4=CCOCC4)cn23)cccc1C(F)(F)F. The van der Waals surface area contributed by atoms with Crippen LogP contribution >= 0.6 is 0 Å². The Kier molecular flexibility index (Phi) is 8.09. The maximum atomic E-state index is 13.7. The predicted molar refractivity (Wildman–Crippen MR) is 149 cm³/mol. The first-order chi connectivity index (χ1) is 17.7. The second-order valence-corrected chi connectivity index (χ2v) is 13.6. The van der Waals surface area contributed by atoms with Gasteiger partial charge < -0.3 is 9.14 Å². The van der Waals surface area contributed by atoms with Crippen molar-refractivity contribution in [1.82, 2.24) is 9.38 Å². The number of rotatable bonds is 7. The minimum atomic E-state index is -4.40. The van der Waals surface area contributed by atoms with Gasteiger partial charge in [0.05, 0.1) is 30.2 Å². The van der Waals surface area contributed by atoms with Crippen molar-refractivity contribution in [1.29, 1.82) is 0 Å². The molecular formula is C30H38F3N2O2S+. The summed E-state index contributed by atoms with van der Waals surface area (Å²) in [6.07, 6.45) is 2.97. The van der Waals surface area contributed by atoms with Crippen molar-refractivity contribution in [2.75, 3.05) is 19.5 Å². The van der Waals surface area contributed by atoms with Crippen LogP contribution in [0.3, 0.4) is 0 Å². The van der Waals surface area contributed by atoms with E-state index in [0.29, 0.717) is 31.8 Å². The number of hydrogen-bond acceptors (Lipinski definition) is 3. The zero-order valence-electron chi connectivity index (χ0n) is 23.3. The van der Waals surface area contributed by atoms with Crippen molar-refractivity contribution in [3.8, 4) is 0 Å². The Labute approximate surface area is 226 Å². The van der Waals surface area contributed by atoms with Crippen LogP contribution in [0.5, 0.6) is 0 Å². The Bertz CT molecular complexity index is 1340. The number of ether oxygens (including phenoxy) is 1. The van der Waals surface area contributed by atoms with E-state index in [-0.39, 0.29) is 26.9 Å². The van der Waals surface area contributed by atoms with Crippen molar-refractivity contribution < 1.29 is 22.1 Å². The third-order valence-corrected chi connectivity index (χ3v) is 10.7. The van der Waals surface area contributed by atoms with Crippen molar-refractivity contribution in [3.05, 3.63) is 76.2 Å². The van der Waals surface area contributed by atoms with Gasteiger partial charge in [-0.15, -0.1) is 0 Å². The van der Waals surface area contributed by atoms with E-state index in [9.17, 15) is 13.2 Å². The van der Waals surface area contributed by atoms with Crippen molar-refractivity contribution in [2.45, 2.75) is 71.9 Å². The lowest BCUT2D eigenvalue weighted by Gasteiger charge is -2.34. The summed E-state index contributed by atoms with van der Waals surface area (Å²) in [6.45, 7) is 14.1. The molecule has 2 aromatic heterocycles. The molecule has 0 amide bonds. The zero-order chi connectivity index (χ0) is 27.9. The van der Waals surface area contributed by atoms with Gasteiger partial charge in [0, 0.05) is 18.0 Å². The molecule has 3 heterocycles. The van der Waals surface area contributed by atoms with Gasteiger partial charge in [-0.1, -0.05) is 39.0 Å². The smallest absolute Gasteiger partial charge is 0.377 e. The highest BCUT2D eigenvalue weighted by molar-refractivity contribution is 7.93. The average Bonchev–Trinajstić information content (AvgIpc) is 3.19. The van der Waals surface area contributed by atoms with Crippen molar-refractivity contribution >= 4 is 22.4 Å². The monoisotopic (exact) mass is 547 g/mol. The second-order valence-electron chi connectivity index (χ2n) is 11.4. The summed E-state index contributed by atoms with van der Waals surface area (Å²) < 4.78 is 54.8. The summed E-state index contributed by atoms with van der Waals surface area (Å²) >= 11 is -0.376. The van der Waals surface area contributed by atoms with Crippen LogP contribution in [0.15, 0.2) is 42.6 Å². The standard InChI is InChI=1S/C30H38F3N2O2S/c1-20-22(9-8-10-24(20)30(31,32)33)17-26-25(19-37-38(7)29(5,6)28(2,3)4)34-27-12-11-23(18-35(26)27)21-13-15-36-16-14-21/h8-13,18H,14-17,19H2,1-7H3/q+1. The van der Waals surface area contributed by atoms with Gasteiger partial charge in [0.2, 0.25) is 0 Å². The minimum Gasteiger partial charge on any atom is -0.377 e. The zero-order valence-corrected chi connectivity index (χ0v) is 24.1. The van der Waals surface area contributed by atoms with Gasteiger partial charge in [-0.25, -0.2) is 4.98 Å². The Hall–Kier alpha value is -2.29.